The smallest absolute Gasteiger partial charge is 0.312 e. The monoisotopic (exact) mass is 285 g/mol. The first-order valence-electron chi connectivity index (χ1n) is 7.14. The van der Waals surface area contributed by atoms with Gasteiger partial charge in [0.2, 0.25) is 0 Å². The van der Waals surface area contributed by atoms with E-state index in [1.165, 1.54) is 0 Å². The van der Waals surface area contributed by atoms with Crippen LogP contribution in [0.2, 0.25) is 0 Å². The van der Waals surface area contributed by atoms with Crippen molar-refractivity contribution in [2.24, 2.45) is 7.05 Å². The van der Waals surface area contributed by atoms with Gasteiger partial charge in [0.25, 0.3) is 0 Å². The normalized spacial score (nSPS) is 18.4. The number of benzene rings is 1. The van der Waals surface area contributed by atoms with E-state index in [9.17, 15) is 9.90 Å². The lowest BCUT2D eigenvalue weighted by molar-refractivity contribution is -0.139. The predicted octanol–water partition coefficient (Wildman–Crippen LogP) is 1.65. The fourth-order valence-electron chi connectivity index (χ4n) is 2.96. The molecule has 3 rings (SSSR count). The lowest BCUT2D eigenvalue weighted by Gasteiger charge is -2.32. The first kappa shape index (κ1) is 13.8. The van der Waals surface area contributed by atoms with Gasteiger partial charge in [0.1, 0.15) is 5.82 Å². The molecular weight excluding hydrogens is 266 g/mol. The average Bonchev–Trinajstić information content (AvgIpc) is 2.89. The molecule has 0 saturated carbocycles. The lowest BCUT2D eigenvalue weighted by Crippen LogP contribution is -2.38. The number of nitrogens with zero attached hydrogens (tertiary/aromatic N) is 3. The lowest BCUT2D eigenvalue weighted by atomic mass is 9.90. The van der Waals surface area contributed by atoms with Gasteiger partial charge >= 0.3 is 5.97 Å². The zero-order valence-corrected chi connectivity index (χ0v) is 12.1. The van der Waals surface area contributed by atoms with Gasteiger partial charge in [-0.15, -0.1) is 0 Å². The van der Waals surface area contributed by atoms with Crippen molar-refractivity contribution in [1.29, 1.82) is 0 Å². The number of aromatic nitrogens is 2. The predicted molar refractivity (Wildman–Crippen MR) is 79.0 cm³/mol. The molecule has 1 aliphatic heterocycles. The summed E-state index contributed by atoms with van der Waals surface area (Å²) in [4.78, 5) is 18.0. The fourth-order valence-corrected chi connectivity index (χ4v) is 2.96. The van der Waals surface area contributed by atoms with Gasteiger partial charge in [-0.2, -0.15) is 0 Å². The average molecular weight is 285 g/mol. The SMILES string of the molecule is Cn1ccnc1CCN1Cc2ccccc2C(C(=O)O)C1. The van der Waals surface area contributed by atoms with Crippen LogP contribution < -0.4 is 0 Å². The molecule has 1 N–H and O–H groups in total. The Morgan fingerprint density at radius 1 is 1.43 bits per heavy atom. The third kappa shape index (κ3) is 2.83. The topological polar surface area (TPSA) is 58.4 Å². The summed E-state index contributed by atoms with van der Waals surface area (Å²) in [6.45, 7) is 2.20. The van der Waals surface area contributed by atoms with Crippen LogP contribution in [0.3, 0.4) is 0 Å². The van der Waals surface area contributed by atoms with E-state index in [-0.39, 0.29) is 0 Å². The highest BCUT2D eigenvalue weighted by atomic mass is 16.4. The summed E-state index contributed by atoms with van der Waals surface area (Å²) in [5, 5.41) is 9.46. The first-order chi connectivity index (χ1) is 10.1. The molecule has 2 aromatic rings. The molecule has 0 amide bonds. The zero-order chi connectivity index (χ0) is 14.8. The zero-order valence-electron chi connectivity index (χ0n) is 12.1. The van der Waals surface area contributed by atoms with E-state index < -0.39 is 11.9 Å². The molecule has 110 valence electrons. The molecule has 1 atom stereocenters. The number of hydrogen-bond donors (Lipinski definition) is 1. The van der Waals surface area contributed by atoms with Gasteiger partial charge in [-0.3, -0.25) is 9.69 Å². The van der Waals surface area contributed by atoms with Gasteiger partial charge in [-0.1, -0.05) is 24.3 Å². The number of carbonyl (C=O) groups is 1. The number of carboxylic acid groups (broad SMARTS) is 1. The van der Waals surface area contributed by atoms with Crippen LogP contribution in [0.5, 0.6) is 0 Å². The van der Waals surface area contributed by atoms with Crippen molar-refractivity contribution in [3.8, 4) is 0 Å². The second-order valence-corrected chi connectivity index (χ2v) is 5.53. The molecule has 0 fully saturated rings. The van der Waals surface area contributed by atoms with Crippen molar-refractivity contribution in [3.63, 3.8) is 0 Å². The van der Waals surface area contributed by atoms with E-state index in [4.69, 9.17) is 0 Å². The highest BCUT2D eigenvalue weighted by molar-refractivity contribution is 5.77. The number of imidazole rings is 1. The van der Waals surface area contributed by atoms with Crippen molar-refractivity contribution >= 4 is 5.97 Å². The molecule has 0 aliphatic carbocycles. The summed E-state index contributed by atoms with van der Waals surface area (Å²) in [5.74, 6) is -0.152. The third-order valence-electron chi connectivity index (χ3n) is 4.14. The van der Waals surface area contributed by atoms with Crippen molar-refractivity contribution in [2.75, 3.05) is 13.1 Å². The van der Waals surface area contributed by atoms with Gasteiger partial charge in [0.05, 0.1) is 5.92 Å². The van der Waals surface area contributed by atoms with E-state index in [1.807, 2.05) is 42.1 Å². The Morgan fingerprint density at radius 3 is 2.95 bits per heavy atom. The Hall–Kier alpha value is -2.14. The maximum absolute atomic E-state index is 11.5. The molecule has 1 unspecified atom stereocenters. The minimum absolute atomic E-state index is 0.434. The Balaban J connectivity index is 1.74. The molecule has 0 radical (unpaired) electrons. The van der Waals surface area contributed by atoms with Crippen LogP contribution in [0.1, 0.15) is 22.9 Å². The van der Waals surface area contributed by atoms with Crippen LogP contribution >= 0.6 is 0 Å². The Kier molecular flexibility index (Phi) is 3.75. The van der Waals surface area contributed by atoms with Crippen LogP contribution in [0.15, 0.2) is 36.7 Å². The molecule has 1 aromatic heterocycles. The number of carboxylic acids is 1. The quantitative estimate of drug-likeness (QED) is 0.928. The maximum atomic E-state index is 11.5. The fraction of sp³-hybridized carbons (Fsp3) is 0.375. The Bertz CT molecular complexity index is 650. The van der Waals surface area contributed by atoms with Crippen molar-refractivity contribution in [3.05, 3.63) is 53.6 Å². The summed E-state index contributed by atoms with van der Waals surface area (Å²) >= 11 is 0. The Morgan fingerprint density at radius 2 is 2.24 bits per heavy atom. The second-order valence-electron chi connectivity index (χ2n) is 5.53. The largest absolute Gasteiger partial charge is 0.481 e. The minimum Gasteiger partial charge on any atom is -0.481 e. The third-order valence-corrected chi connectivity index (χ3v) is 4.14. The molecule has 5 heteroatoms. The van der Waals surface area contributed by atoms with Crippen LogP contribution in [0.25, 0.3) is 0 Å². The van der Waals surface area contributed by atoms with Crippen LogP contribution in [-0.2, 0) is 24.8 Å². The summed E-state index contributed by atoms with van der Waals surface area (Å²) in [6.07, 6.45) is 4.56. The van der Waals surface area contributed by atoms with E-state index in [1.54, 1.807) is 6.20 Å². The van der Waals surface area contributed by atoms with E-state index in [2.05, 4.69) is 9.88 Å². The molecule has 0 bridgehead atoms. The van der Waals surface area contributed by atoms with Gasteiger partial charge in [0, 0.05) is 45.5 Å². The van der Waals surface area contributed by atoms with Crippen molar-refractivity contribution in [1.82, 2.24) is 14.5 Å². The number of aliphatic carboxylic acids is 1. The number of rotatable bonds is 4. The summed E-state index contributed by atoms with van der Waals surface area (Å²) in [7, 11) is 1.98. The second kappa shape index (κ2) is 5.69. The van der Waals surface area contributed by atoms with E-state index in [0.717, 1.165) is 36.5 Å². The number of fused-ring (bicyclic) bond motifs is 1. The van der Waals surface area contributed by atoms with E-state index in [0.29, 0.717) is 6.54 Å². The summed E-state index contributed by atoms with van der Waals surface area (Å²) in [5.41, 5.74) is 2.08. The molecule has 0 spiro atoms. The molecule has 1 aliphatic rings. The Labute approximate surface area is 123 Å². The van der Waals surface area contributed by atoms with Gasteiger partial charge < -0.3 is 9.67 Å². The molecule has 1 aromatic carbocycles. The van der Waals surface area contributed by atoms with Crippen molar-refractivity contribution in [2.45, 2.75) is 18.9 Å². The van der Waals surface area contributed by atoms with Crippen LogP contribution in [0, 0.1) is 0 Å². The maximum Gasteiger partial charge on any atom is 0.312 e. The summed E-state index contributed by atoms with van der Waals surface area (Å²) < 4.78 is 2.01. The molecule has 0 saturated heterocycles. The minimum atomic E-state index is -0.746. The molecule has 21 heavy (non-hydrogen) atoms. The number of hydrogen-bond acceptors (Lipinski definition) is 3. The number of aryl methyl sites for hydroxylation is 1. The van der Waals surface area contributed by atoms with Crippen molar-refractivity contribution < 1.29 is 9.90 Å². The molecular formula is C16H19N3O2. The van der Waals surface area contributed by atoms with Gasteiger partial charge in [0.15, 0.2) is 0 Å². The highest BCUT2D eigenvalue weighted by Crippen LogP contribution is 2.28. The standard InChI is InChI=1S/C16H19N3O2/c1-18-9-7-17-15(18)6-8-19-10-12-4-2-3-5-13(12)14(11-19)16(20)21/h2-5,7,9,14H,6,8,10-11H2,1H3,(H,20,21). The van der Waals surface area contributed by atoms with E-state index >= 15 is 0 Å². The highest BCUT2D eigenvalue weighted by Gasteiger charge is 2.29. The van der Waals surface area contributed by atoms with Crippen LogP contribution in [-0.4, -0.2) is 38.6 Å². The molecule has 2 heterocycles. The molecule has 5 nitrogen and oxygen atoms in total. The van der Waals surface area contributed by atoms with Gasteiger partial charge in [-0.25, -0.2) is 4.98 Å². The van der Waals surface area contributed by atoms with Crippen LogP contribution in [0.4, 0.5) is 0 Å². The summed E-state index contributed by atoms with van der Waals surface area (Å²) in [6, 6.07) is 7.85. The van der Waals surface area contributed by atoms with Gasteiger partial charge in [-0.05, 0) is 11.1 Å². The first-order valence-corrected chi connectivity index (χ1v) is 7.14.